The fourth-order valence-corrected chi connectivity index (χ4v) is 4.60. The van der Waals surface area contributed by atoms with Crippen molar-refractivity contribution in [2.75, 3.05) is 20.1 Å². The molecule has 1 unspecified atom stereocenters. The standard InChI is InChI=1S/C15H19N3OS2/c1-10-13(21-14(17-10)12-6-4-8-20-12)15(19)18-7-3-5-11(18)9-16-2/h4,6,8,11,16H,3,5,7,9H2,1-2H3. The molecule has 3 rings (SSSR count). The molecule has 2 aromatic heterocycles. The molecule has 1 aliphatic rings. The molecule has 1 atom stereocenters. The van der Waals surface area contributed by atoms with Crippen LogP contribution in [0.5, 0.6) is 0 Å². The first-order valence-corrected chi connectivity index (χ1v) is 8.87. The van der Waals surface area contributed by atoms with Crippen LogP contribution in [0.2, 0.25) is 0 Å². The van der Waals surface area contributed by atoms with Gasteiger partial charge in [-0.25, -0.2) is 4.98 Å². The lowest BCUT2D eigenvalue weighted by molar-refractivity contribution is 0.0741. The number of likely N-dealkylation sites (N-methyl/N-ethyl adjacent to an activating group) is 1. The summed E-state index contributed by atoms with van der Waals surface area (Å²) in [6.07, 6.45) is 2.18. The predicted octanol–water partition coefficient (Wildman–Crippen LogP) is 3.00. The number of nitrogens with zero attached hydrogens (tertiary/aromatic N) is 2. The molecule has 0 spiro atoms. The Balaban J connectivity index is 1.85. The number of hydrogen-bond acceptors (Lipinski definition) is 5. The van der Waals surface area contributed by atoms with E-state index in [1.807, 2.05) is 30.3 Å². The molecule has 4 nitrogen and oxygen atoms in total. The van der Waals surface area contributed by atoms with Crippen LogP contribution in [0.4, 0.5) is 0 Å². The Morgan fingerprint density at radius 2 is 2.43 bits per heavy atom. The normalized spacial score (nSPS) is 18.4. The number of amides is 1. The molecule has 0 radical (unpaired) electrons. The summed E-state index contributed by atoms with van der Waals surface area (Å²) in [7, 11) is 1.94. The third kappa shape index (κ3) is 2.88. The van der Waals surface area contributed by atoms with Crippen LogP contribution in [-0.4, -0.2) is 42.0 Å². The Labute approximate surface area is 132 Å². The van der Waals surface area contributed by atoms with Crippen LogP contribution in [0.25, 0.3) is 9.88 Å². The van der Waals surface area contributed by atoms with E-state index < -0.39 is 0 Å². The quantitative estimate of drug-likeness (QED) is 0.941. The highest BCUT2D eigenvalue weighted by atomic mass is 32.1. The van der Waals surface area contributed by atoms with Gasteiger partial charge in [0.15, 0.2) is 0 Å². The van der Waals surface area contributed by atoms with Crippen LogP contribution in [0, 0.1) is 6.92 Å². The molecule has 1 amide bonds. The number of carbonyl (C=O) groups excluding carboxylic acids is 1. The Bertz CT molecular complexity index is 621. The zero-order chi connectivity index (χ0) is 14.8. The molecule has 2 aromatic rings. The Hall–Kier alpha value is -1.24. The first-order chi connectivity index (χ1) is 10.2. The zero-order valence-electron chi connectivity index (χ0n) is 12.3. The smallest absolute Gasteiger partial charge is 0.266 e. The molecule has 1 N–H and O–H groups in total. The largest absolute Gasteiger partial charge is 0.334 e. The fraction of sp³-hybridized carbons (Fsp3) is 0.467. The van der Waals surface area contributed by atoms with Gasteiger partial charge >= 0.3 is 0 Å². The maximum absolute atomic E-state index is 12.8. The lowest BCUT2D eigenvalue weighted by atomic mass is 10.2. The predicted molar refractivity (Wildman–Crippen MR) is 88.1 cm³/mol. The van der Waals surface area contributed by atoms with Gasteiger partial charge in [-0.15, -0.1) is 22.7 Å². The molecular formula is C15H19N3OS2. The van der Waals surface area contributed by atoms with Gasteiger partial charge in [0, 0.05) is 19.1 Å². The van der Waals surface area contributed by atoms with Crippen molar-refractivity contribution >= 4 is 28.6 Å². The van der Waals surface area contributed by atoms with Gasteiger partial charge in [0.05, 0.1) is 10.6 Å². The lowest BCUT2D eigenvalue weighted by Gasteiger charge is -2.24. The second-order valence-corrected chi connectivity index (χ2v) is 7.21. The summed E-state index contributed by atoms with van der Waals surface area (Å²) in [5.74, 6) is 0.144. The van der Waals surface area contributed by atoms with Crippen molar-refractivity contribution in [2.24, 2.45) is 0 Å². The van der Waals surface area contributed by atoms with E-state index in [4.69, 9.17) is 0 Å². The Morgan fingerprint density at radius 1 is 1.57 bits per heavy atom. The number of thiophene rings is 1. The van der Waals surface area contributed by atoms with Crippen LogP contribution in [0.15, 0.2) is 17.5 Å². The van der Waals surface area contributed by atoms with Crippen LogP contribution in [0.1, 0.15) is 28.2 Å². The number of nitrogens with one attached hydrogen (secondary N) is 1. The van der Waals surface area contributed by atoms with Gasteiger partial charge in [-0.1, -0.05) is 6.07 Å². The van der Waals surface area contributed by atoms with E-state index >= 15 is 0 Å². The number of aryl methyl sites for hydroxylation is 1. The van der Waals surface area contributed by atoms with Crippen molar-refractivity contribution in [3.63, 3.8) is 0 Å². The average molecular weight is 321 g/mol. The molecule has 0 aromatic carbocycles. The van der Waals surface area contributed by atoms with E-state index in [1.54, 1.807) is 11.3 Å². The number of thiazole rings is 1. The third-order valence-corrected chi connectivity index (χ3v) is 5.99. The van der Waals surface area contributed by atoms with Crippen LogP contribution in [0.3, 0.4) is 0 Å². The first kappa shape index (κ1) is 14.7. The number of likely N-dealkylation sites (tertiary alicyclic amines) is 1. The van der Waals surface area contributed by atoms with Crippen molar-refractivity contribution in [2.45, 2.75) is 25.8 Å². The van der Waals surface area contributed by atoms with E-state index in [9.17, 15) is 4.79 Å². The van der Waals surface area contributed by atoms with E-state index in [0.29, 0.717) is 6.04 Å². The maximum atomic E-state index is 12.8. The van der Waals surface area contributed by atoms with Crippen molar-refractivity contribution in [3.05, 3.63) is 28.1 Å². The molecule has 1 saturated heterocycles. The van der Waals surface area contributed by atoms with Gasteiger partial charge in [0.1, 0.15) is 9.88 Å². The summed E-state index contributed by atoms with van der Waals surface area (Å²) in [6.45, 7) is 3.65. The molecule has 21 heavy (non-hydrogen) atoms. The molecular weight excluding hydrogens is 302 g/mol. The second kappa shape index (κ2) is 6.25. The highest BCUT2D eigenvalue weighted by Gasteiger charge is 2.31. The Kier molecular flexibility index (Phi) is 4.37. The van der Waals surface area contributed by atoms with Crippen molar-refractivity contribution < 1.29 is 4.79 Å². The third-order valence-electron chi connectivity index (χ3n) is 3.80. The van der Waals surface area contributed by atoms with Crippen molar-refractivity contribution in [1.29, 1.82) is 0 Å². The SMILES string of the molecule is CNCC1CCCN1C(=O)c1sc(-c2cccs2)nc1C. The van der Waals surface area contributed by atoms with E-state index in [1.165, 1.54) is 11.3 Å². The number of carbonyl (C=O) groups is 1. The molecule has 0 saturated carbocycles. The topological polar surface area (TPSA) is 45.2 Å². The molecule has 112 valence electrons. The second-order valence-electron chi connectivity index (χ2n) is 5.26. The van der Waals surface area contributed by atoms with Crippen LogP contribution in [-0.2, 0) is 0 Å². The van der Waals surface area contributed by atoms with Crippen LogP contribution >= 0.6 is 22.7 Å². The van der Waals surface area contributed by atoms with Gasteiger partial charge in [-0.05, 0) is 38.3 Å². The van der Waals surface area contributed by atoms with E-state index in [2.05, 4.69) is 16.4 Å². The maximum Gasteiger partial charge on any atom is 0.266 e. The minimum Gasteiger partial charge on any atom is -0.334 e. The van der Waals surface area contributed by atoms with Gasteiger partial charge in [0.25, 0.3) is 5.91 Å². The first-order valence-electron chi connectivity index (χ1n) is 7.17. The van der Waals surface area contributed by atoms with E-state index in [0.717, 1.165) is 46.4 Å². The number of rotatable bonds is 4. The summed E-state index contributed by atoms with van der Waals surface area (Å²) < 4.78 is 0. The monoisotopic (exact) mass is 321 g/mol. The highest BCUT2D eigenvalue weighted by molar-refractivity contribution is 7.22. The van der Waals surface area contributed by atoms with Gasteiger partial charge < -0.3 is 10.2 Å². The van der Waals surface area contributed by atoms with Crippen LogP contribution < -0.4 is 5.32 Å². The summed E-state index contributed by atoms with van der Waals surface area (Å²) in [5.41, 5.74) is 0.850. The molecule has 3 heterocycles. The Morgan fingerprint density at radius 3 is 3.14 bits per heavy atom. The highest BCUT2D eigenvalue weighted by Crippen LogP contribution is 2.32. The number of aromatic nitrogens is 1. The fourth-order valence-electron chi connectivity index (χ4n) is 2.78. The summed E-state index contributed by atoms with van der Waals surface area (Å²) in [4.78, 5) is 21.3. The summed E-state index contributed by atoms with van der Waals surface area (Å²) in [6, 6.07) is 4.38. The van der Waals surface area contributed by atoms with Crippen molar-refractivity contribution in [3.8, 4) is 9.88 Å². The van der Waals surface area contributed by atoms with Gasteiger partial charge in [0.2, 0.25) is 0 Å². The molecule has 0 bridgehead atoms. The molecule has 6 heteroatoms. The summed E-state index contributed by atoms with van der Waals surface area (Å²) >= 11 is 3.18. The lowest BCUT2D eigenvalue weighted by Crippen LogP contribution is -2.40. The van der Waals surface area contributed by atoms with Gasteiger partial charge in [-0.3, -0.25) is 4.79 Å². The molecule has 0 aliphatic carbocycles. The minimum atomic E-state index is 0.144. The number of hydrogen-bond donors (Lipinski definition) is 1. The zero-order valence-corrected chi connectivity index (χ0v) is 13.9. The van der Waals surface area contributed by atoms with E-state index in [-0.39, 0.29) is 5.91 Å². The average Bonchev–Trinajstić information content (AvgIpc) is 3.17. The summed E-state index contributed by atoms with van der Waals surface area (Å²) in [5, 5.41) is 6.18. The van der Waals surface area contributed by atoms with Gasteiger partial charge in [-0.2, -0.15) is 0 Å². The minimum absolute atomic E-state index is 0.144. The van der Waals surface area contributed by atoms with Crippen molar-refractivity contribution in [1.82, 2.24) is 15.2 Å². The molecule has 1 fully saturated rings. The molecule has 1 aliphatic heterocycles.